The summed E-state index contributed by atoms with van der Waals surface area (Å²) < 4.78 is 5.32. The van der Waals surface area contributed by atoms with Gasteiger partial charge in [-0.15, -0.1) is 0 Å². The molecule has 2 aromatic carbocycles. The second-order valence-corrected chi connectivity index (χ2v) is 5.17. The lowest BCUT2D eigenvalue weighted by atomic mass is 10.2. The van der Waals surface area contributed by atoms with Crippen LogP contribution in [0.4, 0.5) is 11.4 Å². The van der Waals surface area contributed by atoms with Crippen molar-refractivity contribution in [3.05, 3.63) is 53.6 Å². The highest BCUT2D eigenvalue weighted by Crippen LogP contribution is 2.16. The van der Waals surface area contributed by atoms with Crippen LogP contribution in [0.25, 0.3) is 0 Å². The third kappa shape index (κ3) is 5.64. The van der Waals surface area contributed by atoms with E-state index in [1.807, 2.05) is 6.92 Å². The van der Waals surface area contributed by atoms with Gasteiger partial charge in [-0.3, -0.25) is 9.59 Å². The Kier molecular flexibility index (Phi) is 6.00. The van der Waals surface area contributed by atoms with Gasteiger partial charge in [0.05, 0.1) is 6.61 Å². The Hall–Kier alpha value is -2.53. The van der Waals surface area contributed by atoms with Crippen LogP contribution in [-0.4, -0.2) is 18.4 Å². The first-order valence-corrected chi connectivity index (χ1v) is 7.52. The van der Waals surface area contributed by atoms with Crippen LogP contribution >= 0.6 is 11.6 Å². The summed E-state index contributed by atoms with van der Waals surface area (Å²) in [5.41, 5.74) is 1.20. The summed E-state index contributed by atoms with van der Waals surface area (Å²) in [6, 6.07) is 13.6. The number of anilines is 2. The highest BCUT2D eigenvalue weighted by atomic mass is 35.5. The van der Waals surface area contributed by atoms with E-state index in [1.165, 1.54) is 0 Å². The fraction of sp³-hybridized carbons (Fsp3) is 0.176. The number of halogens is 1. The number of carbonyl (C=O) groups excluding carboxylic acids is 2. The number of hydrogen-bond donors (Lipinski definition) is 2. The molecule has 0 saturated heterocycles. The molecule has 2 N–H and O–H groups in total. The third-order valence-corrected chi connectivity index (χ3v) is 3.15. The number of rotatable bonds is 6. The van der Waals surface area contributed by atoms with E-state index in [0.717, 1.165) is 5.75 Å². The average Bonchev–Trinajstić information content (AvgIpc) is 2.51. The zero-order valence-electron chi connectivity index (χ0n) is 12.6. The molecule has 0 unspecified atom stereocenters. The van der Waals surface area contributed by atoms with Crippen molar-refractivity contribution in [2.24, 2.45) is 0 Å². The van der Waals surface area contributed by atoms with E-state index in [-0.39, 0.29) is 12.3 Å². The van der Waals surface area contributed by atoms with Crippen LogP contribution in [0, 0.1) is 0 Å². The molecule has 0 aliphatic carbocycles. The molecule has 0 bridgehead atoms. The zero-order valence-corrected chi connectivity index (χ0v) is 13.4. The first kappa shape index (κ1) is 16.8. The van der Waals surface area contributed by atoms with Crippen molar-refractivity contribution in [2.75, 3.05) is 17.2 Å². The van der Waals surface area contributed by atoms with Crippen molar-refractivity contribution in [1.29, 1.82) is 0 Å². The molecular formula is C17H17ClN2O3. The van der Waals surface area contributed by atoms with Gasteiger partial charge in [-0.25, -0.2) is 0 Å². The first-order chi connectivity index (χ1) is 11.1. The molecular weight excluding hydrogens is 316 g/mol. The topological polar surface area (TPSA) is 67.4 Å². The molecule has 0 saturated carbocycles. The number of carbonyl (C=O) groups is 2. The minimum Gasteiger partial charge on any atom is -0.494 e. The SMILES string of the molecule is CCOc1ccc(NC(=O)CC(=O)Nc2ccc(Cl)cc2)cc1. The van der Waals surface area contributed by atoms with E-state index in [1.54, 1.807) is 48.5 Å². The molecule has 2 rings (SSSR count). The minimum atomic E-state index is -0.393. The number of ether oxygens (including phenoxy) is 1. The van der Waals surface area contributed by atoms with Gasteiger partial charge in [-0.1, -0.05) is 11.6 Å². The molecule has 0 aliphatic heterocycles. The second-order valence-electron chi connectivity index (χ2n) is 4.74. The minimum absolute atomic E-state index is 0.268. The van der Waals surface area contributed by atoms with E-state index < -0.39 is 5.91 Å². The summed E-state index contributed by atoms with van der Waals surface area (Å²) in [7, 11) is 0. The molecule has 120 valence electrons. The van der Waals surface area contributed by atoms with Crippen LogP contribution in [0.15, 0.2) is 48.5 Å². The summed E-state index contributed by atoms with van der Waals surface area (Å²) >= 11 is 5.77. The Morgan fingerprint density at radius 1 is 0.913 bits per heavy atom. The Bertz CT molecular complexity index is 669. The molecule has 0 heterocycles. The molecule has 5 nitrogen and oxygen atoms in total. The van der Waals surface area contributed by atoms with E-state index >= 15 is 0 Å². The fourth-order valence-corrected chi connectivity index (χ4v) is 2.02. The normalized spacial score (nSPS) is 10.0. The van der Waals surface area contributed by atoms with Crippen LogP contribution in [0.3, 0.4) is 0 Å². The number of amides is 2. The predicted octanol–water partition coefficient (Wildman–Crippen LogP) is 3.71. The largest absolute Gasteiger partial charge is 0.494 e. The Morgan fingerprint density at radius 2 is 1.39 bits per heavy atom. The van der Waals surface area contributed by atoms with Crippen molar-refractivity contribution in [2.45, 2.75) is 13.3 Å². The van der Waals surface area contributed by atoms with E-state index in [4.69, 9.17) is 16.3 Å². The van der Waals surface area contributed by atoms with E-state index in [2.05, 4.69) is 10.6 Å². The molecule has 0 fully saturated rings. The Balaban J connectivity index is 1.83. The lowest BCUT2D eigenvalue weighted by Crippen LogP contribution is -2.21. The lowest BCUT2D eigenvalue weighted by molar-refractivity contribution is -0.123. The number of nitrogens with one attached hydrogen (secondary N) is 2. The first-order valence-electron chi connectivity index (χ1n) is 7.15. The zero-order chi connectivity index (χ0) is 16.7. The maximum absolute atomic E-state index is 11.9. The molecule has 2 amide bonds. The van der Waals surface area contributed by atoms with Gasteiger partial charge in [-0.2, -0.15) is 0 Å². The van der Waals surface area contributed by atoms with Gasteiger partial charge in [0.2, 0.25) is 11.8 Å². The molecule has 0 aromatic heterocycles. The number of hydrogen-bond acceptors (Lipinski definition) is 3. The molecule has 0 atom stereocenters. The Morgan fingerprint density at radius 3 is 1.87 bits per heavy atom. The van der Waals surface area contributed by atoms with Gasteiger partial charge >= 0.3 is 0 Å². The second kappa shape index (κ2) is 8.19. The monoisotopic (exact) mass is 332 g/mol. The molecule has 2 aromatic rings. The maximum atomic E-state index is 11.9. The quantitative estimate of drug-likeness (QED) is 0.792. The van der Waals surface area contributed by atoms with Crippen LogP contribution in [-0.2, 0) is 9.59 Å². The van der Waals surface area contributed by atoms with Crippen molar-refractivity contribution >= 4 is 34.8 Å². The fourth-order valence-electron chi connectivity index (χ4n) is 1.89. The summed E-state index contributed by atoms with van der Waals surface area (Å²) in [5, 5.41) is 5.87. The summed E-state index contributed by atoms with van der Waals surface area (Å²) in [6.45, 7) is 2.48. The van der Waals surface area contributed by atoms with Gasteiger partial charge in [-0.05, 0) is 55.5 Å². The number of benzene rings is 2. The van der Waals surface area contributed by atoms with Crippen LogP contribution < -0.4 is 15.4 Å². The van der Waals surface area contributed by atoms with Crippen molar-refractivity contribution < 1.29 is 14.3 Å². The van der Waals surface area contributed by atoms with Crippen molar-refractivity contribution in [3.8, 4) is 5.75 Å². The van der Waals surface area contributed by atoms with Gasteiger partial charge in [0.25, 0.3) is 0 Å². The van der Waals surface area contributed by atoms with Gasteiger partial charge in [0, 0.05) is 16.4 Å². The summed E-state index contributed by atoms with van der Waals surface area (Å²) in [4.78, 5) is 23.7. The summed E-state index contributed by atoms with van der Waals surface area (Å²) in [5.74, 6) is -0.0534. The molecule has 6 heteroatoms. The standard InChI is InChI=1S/C17H17ClN2O3/c1-2-23-15-9-7-14(8-10-15)20-17(22)11-16(21)19-13-5-3-12(18)4-6-13/h3-10H,2,11H2,1H3,(H,19,21)(H,20,22). The highest BCUT2D eigenvalue weighted by Gasteiger charge is 2.10. The van der Waals surface area contributed by atoms with Crippen LogP contribution in [0.5, 0.6) is 5.75 Å². The lowest BCUT2D eigenvalue weighted by Gasteiger charge is -2.08. The molecule has 0 radical (unpaired) electrons. The van der Waals surface area contributed by atoms with E-state index in [9.17, 15) is 9.59 Å². The van der Waals surface area contributed by atoms with E-state index in [0.29, 0.717) is 23.0 Å². The Labute approximate surface area is 139 Å². The van der Waals surface area contributed by atoms with Gasteiger partial charge < -0.3 is 15.4 Å². The van der Waals surface area contributed by atoms with Crippen molar-refractivity contribution in [1.82, 2.24) is 0 Å². The predicted molar refractivity (Wildman–Crippen MR) is 90.9 cm³/mol. The molecule has 0 aliphatic rings. The van der Waals surface area contributed by atoms with Gasteiger partial charge in [0.1, 0.15) is 12.2 Å². The third-order valence-electron chi connectivity index (χ3n) is 2.90. The molecule has 23 heavy (non-hydrogen) atoms. The van der Waals surface area contributed by atoms with Crippen molar-refractivity contribution in [3.63, 3.8) is 0 Å². The summed E-state index contributed by atoms with van der Waals surface area (Å²) in [6.07, 6.45) is -0.268. The maximum Gasteiger partial charge on any atom is 0.233 e. The smallest absolute Gasteiger partial charge is 0.233 e. The van der Waals surface area contributed by atoms with Crippen LogP contribution in [0.2, 0.25) is 5.02 Å². The molecule has 0 spiro atoms. The highest BCUT2D eigenvalue weighted by molar-refractivity contribution is 6.30. The average molecular weight is 333 g/mol. The van der Waals surface area contributed by atoms with Crippen LogP contribution in [0.1, 0.15) is 13.3 Å². The van der Waals surface area contributed by atoms with Gasteiger partial charge in [0.15, 0.2) is 0 Å².